The van der Waals surface area contributed by atoms with Gasteiger partial charge >= 0.3 is 0 Å². The smallest absolute Gasteiger partial charge is 0.126 e. The Labute approximate surface area is 234 Å². The third-order valence-electron chi connectivity index (χ3n) is 7.06. The van der Waals surface area contributed by atoms with Gasteiger partial charge in [-0.05, 0) is 35.4 Å². The van der Waals surface area contributed by atoms with Crippen molar-refractivity contribution in [3.63, 3.8) is 0 Å². The second-order valence-electron chi connectivity index (χ2n) is 9.29. The zero-order valence-corrected chi connectivity index (χ0v) is 22.4. The van der Waals surface area contributed by atoms with Gasteiger partial charge in [0.15, 0.2) is 0 Å². The Morgan fingerprint density at radius 1 is 0.350 bits per heavy atom. The Hall–Kier alpha value is -5.22. The molecule has 0 aliphatic rings. The van der Waals surface area contributed by atoms with Crippen LogP contribution in [0.25, 0.3) is 55.9 Å². The van der Waals surface area contributed by atoms with Crippen LogP contribution >= 0.6 is 0 Å². The molecule has 0 atom stereocenters. The highest BCUT2D eigenvalue weighted by atomic mass is 16.5. The predicted molar refractivity (Wildman–Crippen MR) is 162 cm³/mol. The molecule has 4 nitrogen and oxygen atoms in total. The first-order chi connectivity index (χ1) is 19.8. The Balaban J connectivity index is 1.57. The van der Waals surface area contributed by atoms with Gasteiger partial charge in [0.05, 0.1) is 25.6 Å². The normalized spacial score (nSPS) is 10.8. The van der Waals surface area contributed by atoms with Crippen LogP contribution in [-0.2, 0) is 0 Å². The quantitative estimate of drug-likeness (QED) is 0.211. The maximum absolute atomic E-state index is 5.71. The molecule has 0 fully saturated rings. The molecular formula is C36H28N2O2. The highest BCUT2D eigenvalue weighted by Crippen LogP contribution is 2.44. The lowest BCUT2D eigenvalue weighted by Gasteiger charge is -2.18. The van der Waals surface area contributed by atoms with Crippen LogP contribution in [-0.4, -0.2) is 24.2 Å². The molecule has 0 aliphatic carbocycles. The molecule has 4 heteroatoms. The summed E-state index contributed by atoms with van der Waals surface area (Å²) in [5.41, 5.74) is 10.0. The van der Waals surface area contributed by atoms with Crippen LogP contribution in [0.2, 0.25) is 0 Å². The summed E-state index contributed by atoms with van der Waals surface area (Å²) in [4.78, 5) is 9.78. The van der Waals surface area contributed by atoms with E-state index in [4.69, 9.17) is 19.4 Å². The molecule has 0 radical (unpaired) electrons. The molecule has 0 N–H and O–H groups in total. The lowest BCUT2D eigenvalue weighted by molar-refractivity contribution is 0.416. The number of nitrogens with zero attached hydrogens (tertiary/aromatic N) is 2. The van der Waals surface area contributed by atoms with E-state index in [0.717, 1.165) is 67.4 Å². The van der Waals surface area contributed by atoms with Crippen molar-refractivity contribution in [2.45, 2.75) is 0 Å². The van der Waals surface area contributed by atoms with Gasteiger partial charge in [-0.2, -0.15) is 0 Å². The summed E-state index contributed by atoms with van der Waals surface area (Å²) < 4.78 is 11.4. The van der Waals surface area contributed by atoms with Gasteiger partial charge in [-0.15, -0.1) is 0 Å². The molecule has 2 heterocycles. The van der Waals surface area contributed by atoms with E-state index in [1.54, 1.807) is 14.2 Å². The third-order valence-corrected chi connectivity index (χ3v) is 7.06. The van der Waals surface area contributed by atoms with Crippen molar-refractivity contribution in [1.82, 2.24) is 9.97 Å². The lowest BCUT2D eigenvalue weighted by Crippen LogP contribution is -1.96. The van der Waals surface area contributed by atoms with Crippen molar-refractivity contribution in [3.05, 3.63) is 134 Å². The van der Waals surface area contributed by atoms with Gasteiger partial charge in [-0.25, -0.2) is 0 Å². The van der Waals surface area contributed by atoms with Crippen LogP contribution in [0.1, 0.15) is 0 Å². The van der Waals surface area contributed by atoms with Gasteiger partial charge in [0.25, 0.3) is 0 Å². The molecule has 0 aliphatic heterocycles. The van der Waals surface area contributed by atoms with Crippen molar-refractivity contribution in [2.24, 2.45) is 0 Å². The molecule has 6 aromatic rings. The van der Waals surface area contributed by atoms with Crippen LogP contribution in [0.5, 0.6) is 11.5 Å². The summed E-state index contributed by atoms with van der Waals surface area (Å²) in [6, 6.07) is 41.1. The molecule has 40 heavy (non-hydrogen) atoms. The highest BCUT2D eigenvalue weighted by Gasteiger charge is 2.20. The number of aromatic nitrogens is 2. The Bertz CT molecular complexity index is 1660. The average Bonchev–Trinajstić information content (AvgIpc) is 3.04. The minimum Gasteiger partial charge on any atom is -0.496 e. The van der Waals surface area contributed by atoms with E-state index in [1.165, 1.54) is 0 Å². The fourth-order valence-electron chi connectivity index (χ4n) is 5.26. The van der Waals surface area contributed by atoms with Gasteiger partial charge in [-0.1, -0.05) is 97.1 Å². The number of benzene rings is 4. The molecule has 0 saturated carbocycles. The van der Waals surface area contributed by atoms with Gasteiger partial charge in [-0.3, -0.25) is 9.97 Å². The molecule has 0 unspecified atom stereocenters. The van der Waals surface area contributed by atoms with E-state index < -0.39 is 0 Å². The van der Waals surface area contributed by atoms with Crippen LogP contribution in [0, 0.1) is 0 Å². The Kier molecular flexibility index (Phi) is 7.06. The molecular weight excluding hydrogens is 492 g/mol. The summed E-state index contributed by atoms with van der Waals surface area (Å²) in [6.45, 7) is 0. The minimum absolute atomic E-state index is 0.810. The van der Waals surface area contributed by atoms with E-state index in [0.29, 0.717) is 0 Å². The fourth-order valence-corrected chi connectivity index (χ4v) is 5.26. The van der Waals surface area contributed by atoms with Crippen molar-refractivity contribution >= 4 is 0 Å². The lowest BCUT2D eigenvalue weighted by atomic mass is 9.88. The number of ether oxygens (including phenoxy) is 2. The zero-order valence-electron chi connectivity index (χ0n) is 22.4. The van der Waals surface area contributed by atoms with Crippen LogP contribution < -0.4 is 9.47 Å². The van der Waals surface area contributed by atoms with Crippen molar-refractivity contribution in [1.29, 1.82) is 0 Å². The van der Waals surface area contributed by atoms with Crippen molar-refractivity contribution < 1.29 is 9.47 Å². The molecule has 0 saturated heterocycles. The summed E-state index contributed by atoms with van der Waals surface area (Å²) >= 11 is 0. The first kappa shape index (κ1) is 25.1. The van der Waals surface area contributed by atoms with Crippen LogP contribution in [0.15, 0.2) is 134 Å². The van der Waals surface area contributed by atoms with Gasteiger partial charge in [0, 0.05) is 45.8 Å². The monoisotopic (exact) mass is 520 g/mol. The third kappa shape index (κ3) is 4.61. The number of para-hydroxylation sites is 2. The van der Waals surface area contributed by atoms with E-state index in [1.807, 2.05) is 60.9 Å². The maximum Gasteiger partial charge on any atom is 0.126 e. The standard InChI is InChI=1S/C36H28N2O2/c1-39-33-21-9-7-15-27(33)31-19-11-23-37-35(31)29-17-5-3-13-25(29)26-14-4-6-18-30(26)36-32(20-12-24-38-36)28-16-8-10-22-34(28)40-2/h3-24H,1-2H3. The maximum atomic E-state index is 5.71. The molecule has 6 rings (SSSR count). The highest BCUT2D eigenvalue weighted by molar-refractivity contribution is 5.97. The molecule has 0 spiro atoms. The number of hydrogen-bond acceptors (Lipinski definition) is 4. The second-order valence-corrected chi connectivity index (χ2v) is 9.29. The topological polar surface area (TPSA) is 44.2 Å². The van der Waals surface area contributed by atoms with E-state index in [2.05, 4.69) is 72.8 Å². The van der Waals surface area contributed by atoms with E-state index in [-0.39, 0.29) is 0 Å². The van der Waals surface area contributed by atoms with Crippen molar-refractivity contribution in [2.75, 3.05) is 14.2 Å². The average molecular weight is 521 g/mol. The number of pyridine rings is 2. The zero-order chi connectivity index (χ0) is 27.3. The van der Waals surface area contributed by atoms with Crippen LogP contribution in [0.3, 0.4) is 0 Å². The Morgan fingerprint density at radius 2 is 0.675 bits per heavy atom. The van der Waals surface area contributed by atoms with Crippen molar-refractivity contribution in [3.8, 4) is 67.4 Å². The summed E-state index contributed by atoms with van der Waals surface area (Å²) in [5.74, 6) is 1.62. The van der Waals surface area contributed by atoms with Gasteiger partial charge in [0.1, 0.15) is 11.5 Å². The number of methoxy groups -OCH3 is 2. The fraction of sp³-hybridized carbons (Fsp3) is 0.0556. The van der Waals surface area contributed by atoms with E-state index >= 15 is 0 Å². The largest absolute Gasteiger partial charge is 0.496 e. The first-order valence-corrected chi connectivity index (χ1v) is 13.2. The number of rotatable bonds is 7. The molecule has 4 aromatic carbocycles. The van der Waals surface area contributed by atoms with Crippen LogP contribution in [0.4, 0.5) is 0 Å². The van der Waals surface area contributed by atoms with Gasteiger partial charge in [0.2, 0.25) is 0 Å². The first-order valence-electron chi connectivity index (χ1n) is 13.2. The van der Waals surface area contributed by atoms with E-state index in [9.17, 15) is 0 Å². The van der Waals surface area contributed by atoms with Gasteiger partial charge < -0.3 is 9.47 Å². The molecule has 0 bridgehead atoms. The number of hydrogen-bond donors (Lipinski definition) is 0. The minimum atomic E-state index is 0.810. The predicted octanol–water partition coefficient (Wildman–Crippen LogP) is 8.83. The summed E-state index contributed by atoms with van der Waals surface area (Å²) in [7, 11) is 3.40. The molecule has 0 amide bonds. The summed E-state index contributed by atoms with van der Waals surface area (Å²) in [5, 5.41) is 0. The SMILES string of the molecule is COc1ccccc1-c1cccnc1-c1ccccc1-c1ccccc1-c1ncccc1-c1ccccc1OC. The Morgan fingerprint density at radius 3 is 1.07 bits per heavy atom. The second kappa shape index (κ2) is 11.3. The summed E-state index contributed by atoms with van der Waals surface area (Å²) in [6.07, 6.45) is 3.69. The molecule has 2 aromatic heterocycles. The molecule has 194 valence electrons.